The Bertz CT molecular complexity index is 562. The van der Waals surface area contributed by atoms with Gasteiger partial charge in [-0.25, -0.2) is 4.98 Å². The number of nitrogens with one attached hydrogen (secondary N) is 1. The van der Waals surface area contributed by atoms with E-state index in [1.807, 2.05) is 12.3 Å². The van der Waals surface area contributed by atoms with Crippen molar-refractivity contribution >= 4 is 39.6 Å². The van der Waals surface area contributed by atoms with Crippen molar-refractivity contribution in [2.45, 2.75) is 13.3 Å². The molecular formula is C10H13N5OS2. The van der Waals surface area contributed by atoms with E-state index < -0.39 is 5.91 Å². The second-order valence-electron chi connectivity index (χ2n) is 3.67. The van der Waals surface area contributed by atoms with Crippen molar-refractivity contribution in [1.29, 1.82) is 0 Å². The number of amides is 1. The summed E-state index contributed by atoms with van der Waals surface area (Å²) in [7, 11) is 0. The summed E-state index contributed by atoms with van der Waals surface area (Å²) in [6.45, 7) is 2.63. The molecule has 96 valence electrons. The Morgan fingerprint density at radius 3 is 2.94 bits per heavy atom. The predicted molar refractivity (Wildman–Crippen MR) is 74.1 cm³/mol. The summed E-state index contributed by atoms with van der Waals surface area (Å²) >= 11 is 2.76. The number of nitrogens with two attached hydrogens (primary N) is 2. The molecule has 0 unspecified atom stereocenters. The fraction of sp³-hybridized carbons (Fsp3) is 0.300. The lowest BCUT2D eigenvalue weighted by Gasteiger charge is -2.03. The standard InChI is InChI=1S/C10H13N5OS2/c1-5-14-6(4-17-5)2-3-13-10-7(9(12)16)8(11)15-18-10/h4,13H,2-3H2,1H3,(H2,11,15)(H2,12,16). The van der Waals surface area contributed by atoms with E-state index in [2.05, 4.69) is 14.7 Å². The van der Waals surface area contributed by atoms with Gasteiger partial charge in [0.15, 0.2) is 5.82 Å². The number of carbonyl (C=O) groups excluding carboxylic acids is 1. The lowest BCUT2D eigenvalue weighted by atomic mass is 10.3. The quantitative estimate of drug-likeness (QED) is 0.765. The van der Waals surface area contributed by atoms with Crippen LogP contribution in [0.25, 0.3) is 0 Å². The monoisotopic (exact) mass is 283 g/mol. The Kier molecular flexibility index (Phi) is 3.78. The lowest BCUT2D eigenvalue weighted by Crippen LogP contribution is -2.15. The molecule has 0 saturated heterocycles. The molecule has 2 heterocycles. The van der Waals surface area contributed by atoms with Gasteiger partial charge in [0.05, 0.1) is 10.7 Å². The van der Waals surface area contributed by atoms with E-state index in [1.54, 1.807) is 11.3 Å². The average molecular weight is 283 g/mol. The van der Waals surface area contributed by atoms with E-state index in [-0.39, 0.29) is 11.4 Å². The van der Waals surface area contributed by atoms with E-state index >= 15 is 0 Å². The van der Waals surface area contributed by atoms with Crippen LogP contribution in [0.4, 0.5) is 10.8 Å². The number of thiazole rings is 1. The maximum Gasteiger partial charge on any atom is 0.255 e. The summed E-state index contributed by atoms with van der Waals surface area (Å²) in [4.78, 5) is 15.6. The van der Waals surface area contributed by atoms with E-state index in [0.29, 0.717) is 11.5 Å². The Morgan fingerprint density at radius 2 is 2.33 bits per heavy atom. The summed E-state index contributed by atoms with van der Waals surface area (Å²) in [5.74, 6) is -0.382. The summed E-state index contributed by atoms with van der Waals surface area (Å²) in [6, 6.07) is 0. The van der Waals surface area contributed by atoms with E-state index in [1.165, 1.54) is 0 Å². The Morgan fingerprint density at radius 1 is 1.56 bits per heavy atom. The maximum atomic E-state index is 11.2. The molecular weight excluding hydrogens is 270 g/mol. The Balaban J connectivity index is 1.96. The van der Waals surface area contributed by atoms with E-state index in [9.17, 15) is 4.79 Å². The van der Waals surface area contributed by atoms with Crippen molar-refractivity contribution in [2.75, 3.05) is 17.6 Å². The molecule has 0 aliphatic heterocycles. The molecule has 2 rings (SSSR count). The highest BCUT2D eigenvalue weighted by Gasteiger charge is 2.16. The molecule has 2 aromatic heterocycles. The number of nitrogen functional groups attached to an aromatic ring is 1. The fourth-order valence-corrected chi connectivity index (χ4v) is 2.88. The van der Waals surface area contributed by atoms with Gasteiger partial charge in [0.2, 0.25) is 0 Å². The van der Waals surface area contributed by atoms with Crippen molar-refractivity contribution in [3.8, 4) is 0 Å². The van der Waals surface area contributed by atoms with Crippen LogP contribution in [0.5, 0.6) is 0 Å². The number of carbonyl (C=O) groups is 1. The zero-order valence-electron chi connectivity index (χ0n) is 9.77. The topological polar surface area (TPSA) is 107 Å². The third kappa shape index (κ3) is 2.77. The van der Waals surface area contributed by atoms with Gasteiger partial charge in [-0.15, -0.1) is 11.3 Å². The highest BCUT2D eigenvalue weighted by molar-refractivity contribution is 7.11. The van der Waals surface area contributed by atoms with Gasteiger partial charge in [-0.1, -0.05) is 0 Å². The van der Waals surface area contributed by atoms with Gasteiger partial charge in [-0.3, -0.25) is 4.79 Å². The summed E-state index contributed by atoms with van der Waals surface area (Å²) < 4.78 is 3.91. The first kappa shape index (κ1) is 12.8. The van der Waals surface area contributed by atoms with Crippen LogP contribution >= 0.6 is 22.9 Å². The Labute approximate surface area is 112 Å². The number of primary amides is 1. The van der Waals surface area contributed by atoms with Crippen molar-refractivity contribution in [2.24, 2.45) is 5.73 Å². The number of hydrogen-bond acceptors (Lipinski definition) is 7. The number of nitrogens with zero attached hydrogens (tertiary/aromatic N) is 2. The summed E-state index contributed by atoms with van der Waals surface area (Å²) in [5.41, 5.74) is 12.1. The van der Waals surface area contributed by atoms with Gasteiger partial charge >= 0.3 is 0 Å². The second-order valence-corrected chi connectivity index (χ2v) is 5.51. The third-order valence-corrected chi connectivity index (χ3v) is 3.94. The largest absolute Gasteiger partial charge is 0.382 e. The number of aryl methyl sites for hydroxylation is 1. The van der Waals surface area contributed by atoms with Gasteiger partial charge in [0.25, 0.3) is 5.91 Å². The molecule has 2 aromatic rings. The number of rotatable bonds is 5. The molecule has 18 heavy (non-hydrogen) atoms. The first-order valence-corrected chi connectivity index (χ1v) is 6.93. The minimum atomic E-state index is -0.562. The van der Waals surface area contributed by atoms with Crippen molar-refractivity contribution in [3.05, 3.63) is 21.6 Å². The molecule has 1 amide bonds. The van der Waals surface area contributed by atoms with Crippen LogP contribution in [0.1, 0.15) is 21.1 Å². The van der Waals surface area contributed by atoms with Crippen LogP contribution in [0.15, 0.2) is 5.38 Å². The second kappa shape index (κ2) is 5.32. The summed E-state index contributed by atoms with van der Waals surface area (Å²) in [6.07, 6.45) is 0.778. The normalized spacial score (nSPS) is 10.5. The SMILES string of the molecule is Cc1nc(CCNc2snc(N)c2C(N)=O)cs1. The van der Waals surface area contributed by atoms with Gasteiger partial charge in [-0.05, 0) is 18.5 Å². The molecule has 0 bridgehead atoms. The van der Waals surface area contributed by atoms with Crippen LogP contribution in [0, 0.1) is 6.92 Å². The van der Waals surface area contributed by atoms with Crippen molar-refractivity contribution < 1.29 is 4.79 Å². The fourth-order valence-electron chi connectivity index (χ4n) is 1.49. The van der Waals surface area contributed by atoms with Crippen molar-refractivity contribution in [3.63, 3.8) is 0 Å². The molecule has 0 aliphatic rings. The van der Waals surface area contributed by atoms with Crippen LogP contribution in [-0.2, 0) is 6.42 Å². The molecule has 0 aliphatic carbocycles. The highest BCUT2D eigenvalue weighted by Crippen LogP contribution is 2.25. The first-order chi connectivity index (χ1) is 8.58. The smallest absolute Gasteiger partial charge is 0.255 e. The molecule has 0 fully saturated rings. The first-order valence-electron chi connectivity index (χ1n) is 5.27. The molecule has 0 atom stereocenters. The minimum absolute atomic E-state index is 0.180. The van der Waals surface area contributed by atoms with Crippen LogP contribution in [0.2, 0.25) is 0 Å². The van der Waals surface area contributed by atoms with Crippen LogP contribution in [-0.4, -0.2) is 21.8 Å². The molecule has 0 radical (unpaired) electrons. The van der Waals surface area contributed by atoms with Gasteiger partial charge in [-0.2, -0.15) is 4.37 Å². The minimum Gasteiger partial charge on any atom is -0.382 e. The van der Waals surface area contributed by atoms with E-state index in [4.69, 9.17) is 11.5 Å². The number of anilines is 2. The predicted octanol–water partition coefficient (Wildman–Crippen LogP) is 1.24. The number of hydrogen-bond donors (Lipinski definition) is 3. The van der Waals surface area contributed by atoms with Gasteiger partial charge < -0.3 is 16.8 Å². The molecule has 0 aromatic carbocycles. The maximum absolute atomic E-state index is 11.2. The highest BCUT2D eigenvalue weighted by atomic mass is 32.1. The Hall–Kier alpha value is -1.67. The number of aromatic nitrogens is 2. The zero-order chi connectivity index (χ0) is 13.1. The van der Waals surface area contributed by atoms with E-state index in [0.717, 1.165) is 28.7 Å². The molecule has 5 N–H and O–H groups in total. The molecule has 0 saturated carbocycles. The summed E-state index contributed by atoms with van der Waals surface area (Å²) in [5, 5.41) is 6.80. The lowest BCUT2D eigenvalue weighted by molar-refractivity contribution is 0.100. The third-order valence-electron chi connectivity index (χ3n) is 2.30. The van der Waals surface area contributed by atoms with Crippen LogP contribution in [0.3, 0.4) is 0 Å². The zero-order valence-corrected chi connectivity index (χ0v) is 11.4. The van der Waals surface area contributed by atoms with Gasteiger partial charge in [0.1, 0.15) is 10.6 Å². The van der Waals surface area contributed by atoms with Gasteiger partial charge in [0, 0.05) is 18.3 Å². The molecule has 8 heteroatoms. The molecule has 6 nitrogen and oxygen atoms in total. The molecule has 0 spiro atoms. The van der Waals surface area contributed by atoms with Crippen molar-refractivity contribution in [1.82, 2.24) is 9.36 Å². The van der Waals surface area contributed by atoms with Crippen LogP contribution < -0.4 is 16.8 Å². The average Bonchev–Trinajstić information content (AvgIpc) is 2.86.